The van der Waals surface area contributed by atoms with E-state index in [1.807, 2.05) is 6.07 Å². The van der Waals surface area contributed by atoms with Crippen LogP contribution in [0.25, 0.3) is 11.0 Å². The van der Waals surface area contributed by atoms with Crippen molar-refractivity contribution in [2.45, 2.75) is 37.3 Å². The normalized spacial score (nSPS) is 22.4. The maximum atomic E-state index is 13.1. The Labute approximate surface area is 197 Å². The van der Waals surface area contributed by atoms with E-state index >= 15 is 0 Å². The molecule has 2 aromatic carbocycles. The highest BCUT2D eigenvalue weighted by Crippen LogP contribution is 2.66. The maximum absolute atomic E-state index is 13.1. The molecule has 176 valence electrons. The number of amides is 1. The lowest BCUT2D eigenvalue weighted by molar-refractivity contribution is -0.137. The molecule has 2 aromatic heterocycles. The molecule has 6 nitrogen and oxygen atoms in total. The predicted molar refractivity (Wildman–Crippen MR) is 121 cm³/mol. The Kier molecular flexibility index (Phi) is 4.14. The minimum atomic E-state index is -4.38. The molecule has 9 heteroatoms. The fraction of sp³-hybridized carbons (Fsp3) is 0.269. The number of aromatic nitrogens is 3. The molecule has 2 N–H and O–H groups in total. The number of benzene rings is 2. The average Bonchev–Trinajstić information content (AvgIpc) is 3.18. The van der Waals surface area contributed by atoms with Gasteiger partial charge < -0.3 is 15.0 Å². The van der Waals surface area contributed by atoms with E-state index in [2.05, 4.69) is 32.4 Å². The van der Waals surface area contributed by atoms with Crippen LogP contribution in [0.2, 0.25) is 0 Å². The van der Waals surface area contributed by atoms with Gasteiger partial charge in [-0.15, -0.1) is 0 Å². The molecule has 3 heterocycles. The van der Waals surface area contributed by atoms with Gasteiger partial charge in [0, 0.05) is 24.1 Å². The van der Waals surface area contributed by atoms with Gasteiger partial charge in [-0.25, -0.2) is 9.97 Å². The van der Waals surface area contributed by atoms with Crippen molar-refractivity contribution >= 4 is 22.8 Å². The number of nitrogens with one attached hydrogen (secondary N) is 2. The summed E-state index contributed by atoms with van der Waals surface area (Å²) >= 11 is 0. The van der Waals surface area contributed by atoms with Crippen LogP contribution in [0.5, 0.6) is 11.5 Å². The van der Waals surface area contributed by atoms with Crippen LogP contribution in [0.15, 0.2) is 48.7 Å². The number of anilines is 1. The molecule has 4 aromatic rings. The Hall–Kier alpha value is -3.88. The first-order chi connectivity index (χ1) is 16.8. The van der Waals surface area contributed by atoms with Crippen molar-refractivity contribution in [1.82, 2.24) is 15.0 Å². The lowest BCUT2D eigenvalue weighted by Gasteiger charge is -2.19. The summed E-state index contributed by atoms with van der Waals surface area (Å²) in [6, 6.07) is 11.5. The van der Waals surface area contributed by atoms with Gasteiger partial charge >= 0.3 is 6.18 Å². The van der Waals surface area contributed by atoms with Gasteiger partial charge in [-0.05, 0) is 72.2 Å². The number of carbonyl (C=O) groups excluding carboxylic acids is 1. The first kappa shape index (κ1) is 20.5. The number of carbonyl (C=O) groups is 1. The summed E-state index contributed by atoms with van der Waals surface area (Å²) in [6.07, 6.45) is -0.889. The highest BCUT2D eigenvalue weighted by Gasteiger charge is 2.57. The van der Waals surface area contributed by atoms with E-state index in [4.69, 9.17) is 4.74 Å². The maximum Gasteiger partial charge on any atom is 0.416 e. The summed E-state index contributed by atoms with van der Waals surface area (Å²) in [5.74, 6) is 3.42. The van der Waals surface area contributed by atoms with Crippen molar-refractivity contribution in [3.8, 4) is 11.5 Å². The second-order valence-corrected chi connectivity index (χ2v) is 9.42. The number of nitrogens with zero attached hydrogens (tertiary/aromatic N) is 2. The molecule has 3 aliphatic rings. The largest absolute Gasteiger partial charge is 0.457 e. The van der Waals surface area contributed by atoms with Gasteiger partial charge in [0.2, 0.25) is 5.91 Å². The van der Waals surface area contributed by atoms with Crippen LogP contribution in [-0.2, 0) is 23.8 Å². The smallest absolute Gasteiger partial charge is 0.416 e. The minimum absolute atomic E-state index is 0.0503. The minimum Gasteiger partial charge on any atom is -0.457 e. The van der Waals surface area contributed by atoms with Crippen LogP contribution in [0.3, 0.4) is 0 Å². The molecule has 0 bridgehead atoms. The predicted octanol–water partition coefficient (Wildman–Crippen LogP) is 5.71. The molecule has 0 spiro atoms. The Morgan fingerprint density at radius 2 is 1.91 bits per heavy atom. The van der Waals surface area contributed by atoms with Crippen LogP contribution in [-0.4, -0.2) is 20.9 Å². The molecule has 1 amide bonds. The molecular weight excluding hydrogens is 457 g/mol. The number of H-pyrrole nitrogens is 1. The molecule has 1 aliphatic heterocycles. The van der Waals surface area contributed by atoms with Gasteiger partial charge in [0.1, 0.15) is 23.1 Å². The first-order valence-corrected chi connectivity index (χ1v) is 11.5. The number of alkyl halides is 3. The number of ether oxygens (including phenoxy) is 1. The van der Waals surface area contributed by atoms with Gasteiger partial charge in [-0.3, -0.25) is 4.79 Å². The van der Waals surface area contributed by atoms with Gasteiger partial charge in [0.15, 0.2) is 0 Å². The van der Waals surface area contributed by atoms with Crippen molar-refractivity contribution in [2.75, 3.05) is 5.32 Å². The molecule has 3 atom stereocenters. The second-order valence-electron chi connectivity index (χ2n) is 9.42. The number of imidazole rings is 1. The van der Waals surface area contributed by atoms with E-state index < -0.39 is 11.7 Å². The Morgan fingerprint density at radius 1 is 1.03 bits per heavy atom. The number of fused-ring (bicyclic) bond motifs is 5. The fourth-order valence-electron chi connectivity index (χ4n) is 5.65. The molecule has 1 saturated carbocycles. The summed E-state index contributed by atoms with van der Waals surface area (Å²) < 4.78 is 45.5. The quantitative estimate of drug-likeness (QED) is 0.397. The van der Waals surface area contributed by atoms with E-state index in [1.165, 1.54) is 17.2 Å². The molecule has 0 radical (unpaired) electrons. The molecule has 0 saturated heterocycles. The third-order valence-electron chi connectivity index (χ3n) is 7.34. The number of rotatable bonds is 3. The van der Waals surface area contributed by atoms with Crippen molar-refractivity contribution < 1.29 is 22.7 Å². The fourth-order valence-corrected chi connectivity index (χ4v) is 5.65. The van der Waals surface area contributed by atoms with Crippen LogP contribution in [0.1, 0.15) is 46.3 Å². The van der Waals surface area contributed by atoms with E-state index in [-0.39, 0.29) is 17.7 Å². The van der Waals surface area contributed by atoms with Gasteiger partial charge in [-0.1, -0.05) is 6.07 Å². The third kappa shape index (κ3) is 3.29. The van der Waals surface area contributed by atoms with E-state index in [0.29, 0.717) is 47.1 Å². The van der Waals surface area contributed by atoms with Crippen molar-refractivity contribution in [3.63, 3.8) is 0 Å². The van der Waals surface area contributed by atoms with Gasteiger partial charge in [0.05, 0.1) is 16.6 Å². The topological polar surface area (TPSA) is 79.9 Å². The lowest BCUT2D eigenvalue weighted by atomic mass is 10.0. The second kappa shape index (κ2) is 7.07. The zero-order chi connectivity index (χ0) is 23.9. The number of halogens is 3. The van der Waals surface area contributed by atoms with Gasteiger partial charge in [-0.2, -0.15) is 13.2 Å². The standard InChI is InChI=1S/C26H19F3N4O2/c27-26(28,29)13-2-5-18-19(10-13)32-25(31-18)23-17-9-12-1-3-14(11-16(12)22(17)23)35-20-7-8-30-24-15(20)4-6-21(34)33-24/h1-3,5,7-8,10-11,17,22-23H,4,6,9H2,(H,31,32)(H,30,33,34). The SMILES string of the molecule is O=C1CCc2c(Oc3ccc4c(c3)C3C(C4)C3c3nc4ccc(C(F)(F)F)cc4[nH]3)ccnc2N1. The van der Waals surface area contributed by atoms with Crippen molar-refractivity contribution in [1.29, 1.82) is 0 Å². The highest BCUT2D eigenvalue weighted by atomic mass is 19.4. The summed E-state index contributed by atoms with van der Waals surface area (Å²) in [5.41, 5.74) is 3.63. The van der Waals surface area contributed by atoms with Crippen molar-refractivity contribution in [3.05, 3.63) is 76.7 Å². The van der Waals surface area contributed by atoms with E-state index in [0.717, 1.165) is 29.9 Å². The molecule has 2 aliphatic carbocycles. The summed E-state index contributed by atoms with van der Waals surface area (Å²) in [6.45, 7) is 0. The zero-order valence-electron chi connectivity index (χ0n) is 18.3. The number of hydrogen-bond donors (Lipinski definition) is 2. The number of hydrogen-bond acceptors (Lipinski definition) is 4. The van der Waals surface area contributed by atoms with E-state index in [9.17, 15) is 18.0 Å². The van der Waals surface area contributed by atoms with Crippen LogP contribution < -0.4 is 10.1 Å². The Bertz CT molecular complexity index is 1530. The van der Waals surface area contributed by atoms with Crippen LogP contribution >= 0.6 is 0 Å². The monoisotopic (exact) mass is 476 g/mol. The molecule has 1 fully saturated rings. The zero-order valence-corrected chi connectivity index (χ0v) is 18.3. The molecule has 7 rings (SSSR count). The molecular formula is C26H19F3N4O2. The summed E-state index contributed by atoms with van der Waals surface area (Å²) in [7, 11) is 0. The number of pyridine rings is 1. The van der Waals surface area contributed by atoms with Gasteiger partial charge in [0.25, 0.3) is 0 Å². The summed E-state index contributed by atoms with van der Waals surface area (Å²) in [5, 5.41) is 2.79. The highest BCUT2D eigenvalue weighted by molar-refractivity contribution is 5.93. The average molecular weight is 476 g/mol. The van der Waals surface area contributed by atoms with Crippen LogP contribution in [0.4, 0.5) is 19.0 Å². The Balaban J connectivity index is 1.16. The number of aromatic amines is 1. The third-order valence-corrected chi connectivity index (χ3v) is 7.34. The first-order valence-electron chi connectivity index (χ1n) is 11.5. The van der Waals surface area contributed by atoms with E-state index in [1.54, 1.807) is 12.3 Å². The Morgan fingerprint density at radius 3 is 2.77 bits per heavy atom. The summed E-state index contributed by atoms with van der Waals surface area (Å²) in [4.78, 5) is 23.7. The molecule has 3 unspecified atom stereocenters. The molecule has 35 heavy (non-hydrogen) atoms. The van der Waals surface area contributed by atoms with Crippen molar-refractivity contribution in [2.24, 2.45) is 5.92 Å². The lowest BCUT2D eigenvalue weighted by Crippen LogP contribution is -2.20. The van der Waals surface area contributed by atoms with Crippen LogP contribution in [0, 0.1) is 5.92 Å².